The third-order valence-corrected chi connectivity index (χ3v) is 6.92. The molecular weight excluding hydrogens is 521 g/mol. The molecule has 0 spiro atoms. The fourth-order valence-electron chi connectivity index (χ4n) is 4.79. The van der Waals surface area contributed by atoms with Crippen molar-refractivity contribution >= 4 is 22.7 Å². The van der Waals surface area contributed by atoms with Crippen molar-refractivity contribution in [3.8, 4) is 5.75 Å². The van der Waals surface area contributed by atoms with E-state index in [0.717, 1.165) is 27.8 Å². The number of carbonyl (C=O) groups excluding carboxylic acids is 2. The summed E-state index contributed by atoms with van der Waals surface area (Å²) in [6, 6.07) is 24.8. The normalized spacial score (nSPS) is 11.0. The lowest BCUT2D eigenvalue weighted by atomic mass is 10.1. The van der Waals surface area contributed by atoms with E-state index in [1.165, 1.54) is 23.3 Å². The Morgan fingerprint density at radius 3 is 2.29 bits per heavy atom. The second-order valence-corrected chi connectivity index (χ2v) is 9.77. The minimum Gasteiger partial charge on any atom is -0.494 e. The van der Waals surface area contributed by atoms with Crippen LogP contribution in [0.15, 0.2) is 102 Å². The zero-order valence-corrected chi connectivity index (χ0v) is 22.9. The number of hydrogen-bond acceptors (Lipinski definition) is 4. The van der Waals surface area contributed by atoms with Gasteiger partial charge in [-0.2, -0.15) is 0 Å². The summed E-state index contributed by atoms with van der Waals surface area (Å²) in [5.74, 6) is -0.0854. The molecule has 2 amide bonds. The van der Waals surface area contributed by atoms with Gasteiger partial charge in [0.1, 0.15) is 18.1 Å². The number of nitrogens with one attached hydrogen (secondary N) is 1. The van der Waals surface area contributed by atoms with Gasteiger partial charge >= 0.3 is 0 Å². The van der Waals surface area contributed by atoms with Crippen molar-refractivity contribution in [3.63, 3.8) is 0 Å². The summed E-state index contributed by atoms with van der Waals surface area (Å²) in [4.78, 5) is 33.7. The maximum Gasteiger partial charge on any atom is 0.290 e. The molecule has 2 heterocycles. The zero-order chi connectivity index (χ0) is 28.6. The number of hydrogen-bond donors (Lipinski definition) is 1. The molecule has 0 aliphatic rings. The lowest BCUT2D eigenvalue weighted by molar-refractivity contribution is -0.132. The first kappa shape index (κ1) is 27.7. The SMILES string of the molecule is CCOc1ccc(CN(CCc2c[nH]c3ccccc23)C(=O)CN(Cc2ccc(F)cc2)C(=O)c2ccco2)cc1. The van der Waals surface area contributed by atoms with Crippen LogP contribution >= 0.6 is 0 Å². The van der Waals surface area contributed by atoms with Crippen LogP contribution in [0.1, 0.15) is 34.2 Å². The van der Waals surface area contributed by atoms with Crippen molar-refractivity contribution in [2.24, 2.45) is 0 Å². The van der Waals surface area contributed by atoms with E-state index in [2.05, 4.69) is 11.1 Å². The Morgan fingerprint density at radius 2 is 1.59 bits per heavy atom. The number of benzene rings is 3. The molecule has 2 aromatic heterocycles. The highest BCUT2D eigenvalue weighted by atomic mass is 19.1. The van der Waals surface area contributed by atoms with Crippen molar-refractivity contribution in [1.29, 1.82) is 0 Å². The number of ether oxygens (including phenoxy) is 1. The fourth-order valence-corrected chi connectivity index (χ4v) is 4.79. The van der Waals surface area contributed by atoms with Crippen LogP contribution < -0.4 is 4.74 Å². The number of amides is 2. The second kappa shape index (κ2) is 13.0. The molecule has 3 aromatic carbocycles. The van der Waals surface area contributed by atoms with Crippen LogP contribution in [-0.2, 0) is 24.3 Å². The predicted molar refractivity (Wildman–Crippen MR) is 155 cm³/mol. The van der Waals surface area contributed by atoms with Gasteiger partial charge in [0.05, 0.1) is 12.9 Å². The molecule has 7 nitrogen and oxygen atoms in total. The highest BCUT2D eigenvalue weighted by Gasteiger charge is 2.25. The van der Waals surface area contributed by atoms with E-state index >= 15 is 0 Å². The molecule has 5 rings (SSSR count). The minimum absolute atomic E-state index is 0.130. The summed E-state index contributed by atoms with van der Waals surface area (Å²) in [6.07, 6.45) is 4.03. The van der Waals surface area contributed by atoms with E-state index in [1.807, 2.05) is 55.6 Å². The van der Waals surface area contributed by atoms with Gasteiger partial charge in [0.15, 0.2) is 5.76 Å². The monoisotopic (exact) mass is 553 g/mol. The molecule has 41 heavy (non-hydrogen) atoms. The number of aromatic amines is 1. The number of rotatable bonds is 12. The molecule has 210 valence electrons. The van der Waals surface area contributed by atoms with Crippen LogP contribution in [0.5, 0.6) is 5.75 Å². The molecule has 0 unspecified atom stereocenters. The summed E-state index contributed by atoms with van der Waals surface area (Å²) in [5.41, 5.74) is 3.81. The van der Waals surface area contributed by atoms with Gasteiger partial charge in [-0.05, 0) is 72.5 Å². The molecule has 5 aromatic rings. The molecule has 1 N–H and O–H groups in total. The topological polar surface area (TPSA) is 78.8 Å². The molecule has 0 fully saturated rings. The van der Waals surface area contributed by atoms with E-state index in [9.17, 15) is 14.0 Å². The third kappa shape index (κ3) is 7.03. The number of H-pyrrole nitrogens is 1. The Morgan fingerprint density at radius 1 is 0.878 bits per heavy atom. The summed E-state index contributed by atoms with van der Waals surface area (Å²) in [7, 11) is 0. The Balaban J connectivity index is 1.38. The smallest absolute Gasteiger partial charge is 0.290 e. The predicted octanol–water partition coefficient (Wildman–Crippen LogP) is 6.21. The third-order valence-electron chi connectivity index (χ3n) is 6.92. The molecule has 0 aliphatic carbocycles. The lowest BCUT2D eigenvalue weighted by Gasteiger charge is -2.28. The van der Waals surface area contributed by atoms with E-state index in [1.54, 1.807) is 29.2 Å². The van der Waals surface area contributed by atoms with Crippen LogP contribution in [0.2, 0.25) is 0 Å². The fraction of sp³-hybridized carbons (Fsp3) is 0.212. The molecule has 0 aliphatic heterocycles. The quantitative estimate of drug-likeness (QED) is 0.199. The summed E-state index contributed by atoms with van der Waals surface area (Å²) in [6.45, 7) is 3.29. The second-order valence-electron chi connectivity index (χ2n) is 9.77. The lowest BCUT2D eigenvalue weighted by Crippen LogP contribution is -2.43. The number of halogens is 1. The van der Waals surface area contributed by atoms with Gasteiger partial charge in [-0.1, -0.05) is 42.5 Å². The standard InChI is InChI=1S/C33H32FN3O4/c1-2-40-28-15-11-25(12-16-28)21-36(18-17-26-20-35-30-7-4-3-6-29(26)30)32(38)23-37(33(39)31-8-5-19-41-31)22-24-9-13-27(34)14-10-24/h3-16,19-20,35H,2,17-18,21-23H2,1H3. The highest BCUT2D eigenvalue weighted by Crippen LogP contribution is 2.20. The molecule has 0 bridgehead atoms. The average molecular weight is 554 g/mol. The van der Waals surface area contributed by atoms with Gasteiger partial charge in [-0.15, -0.1) is 0 Å². The maximum absolute atomic E-state index is 13.9. The molecule has 8 heteroatoms. The molecule has 0 saturated carbocycles. The largest absolute Gasteiger partial charge is 0.494 e. The van der Waals surface area contributed by atoms with Crippen molar-refractivity contribution in [2.45, 2.75) is 26.4 Å². The van der Waals surface area contributed by atoms with Gasteiger partial charge in [-0.25, -0.2) is 4.39 Å². The number of para-hydroxylation sites is 1. The Kier molecular flexibility index (Phi) is 8.79. The number of furan rings is 1. The van der Waals surface area contributed by atoms with Crippen LogP contribution in [0.25, 0.3) is 10.9 Å². The van der Waals surface area contributed by atoms with Gasteiger partial charge in [-0.3, -0.25) is 9.59 Å². The van der Waals surface area contributed by atoms with Crippen molar-refractivity contribution in [3.05, 3.63) is 126 Å². The summed E-state index contributed by atoms with van der Waals surface area (Å²) < 4.78 is 24.4. The van der Waals surface area contributed by atoms with Crippen LogP contribution in [0.3, 0.4) is 0 Å². The Labute approximate surface area is 238 Å². The van der Waals surface area contributed by atoms with Crippen molar-refractivity contribution < 1.29 is 23.1 Å². The Hall–Kier alpha value is -4.85. The summed E-state index contributed by atoms with van der Waals surface area (Å²) >= 11 is 0. The van der Waals surface area contributed by atoms with Crippen molar-refractivity contribution in [2.75, 3.05) is 19.7 Å². The number of nitrogens with zero attached hydrogens (tertiary/aromatic N) is 2. The van der Waals surface area contributed by atoms with Crippen LogP contribution in [0.4, 0.5) is 4.39 Å². The van der Waals surface area contributed by atoms with Gasteiger partial charge < -0.3 is 23.9 Å². The van der Waals surface area contributed by atoms with Crippen LogP contribution in [0, 0.1) is 5.82 Å². The highest BCUT2D eigenvalue weighted by molar-refractivity contribution is 5.94. The first-order valence-electron chi connectivity index (χ1n) is 13.6. The molecule has 0 saturated heterocycles. The van der Waals surface area contributed by atoms with Gasteiger partial charge in [0, 0.05) is 36.7 Å². The van der Waals surface area contributed by atoms with Crippen molar-refractivity contribution in [1.82, 2.24) is 14.8 Å². The average Bonchev–Trinajstić information content (AvgIpc) is 3.67. The molecular formula is C33H32FN3O4. The maximum atomic E-state index is 13.9. The molecule has 0 atom stereocenters. The van der Waals surface area contributed by atoms with E-state index < -0.39 is 5.91 Å². The summed E-state index contributed by atoms with van der Waals surface area (Å²) in [5, 5.41) is 1.12. The minimum atomic E-state index is -0.412. The van der Waals surface area contributed by atoms with Gasteiger partial charge in [0.25, 0.3) is 5.91 Å². The number of carbonyl (C=O) groups is 2. The first-order valence-corrected chi connectivity index (χ1v) is 13.6. The zero-order valence-electron chi connectivity index (χ0n) is 22.9. The Bertz CT molecular complexity index is 1580. The van der Waals surface area contributed by atoms with Crippen LogP contribution in [-0.4, -0.2) is 46.3 Å². The van der Waals surface area contributed by atoms with E-state index in [-0.39, 0.29) is 30.6 Å². The molecule has 0 radical (unpaired) electrons. The number of aromatic nitrogens is 1. The van der Waals surface area contributed by atoms with E-state index in [4.69, 9.17) is 9.15 Å². The van der Waals surface area contributed by atoms with E-state index in [0.29, 0.717) is 31.7 Å². The first-order chi connectivity index (χ1) is 20.0. The number of fused-ring (bicyclic) bond motifs is 1. The van der Waals surface area contributed by atoms with Gasteiger partial charge in [0.2, 0.25) is 5.91 Å².